The van der Waals surface area contributed by atoms with Gasteiger partial charge in [0.1, 0.15) is 0 Å². The fraction of sp³-hybridized carbons (Fsp3) is 0.0714. The van der Waals surface area contributed by atoms with Crippen molar-refractivity contribution in [1.82, 2.24) is 4.98 Å². The van der Waals surface area contributed by atoms with E-state index in [-0.39, 0.29) is 0 Å². The number of benzene rings is 1. The second-order valence-corrected chi connectivity index (χ2v) is 3.58. The van der Waals surface area contributed by atoms with Crippen molar-refractivity contribution in [1.29, 1.82) is 0 Å². The van der Waals surface area contributed by atoms with Crippen LogP contribution in [0.5, 0.6) is 0 Å². The highest BCUT2D eigenvalue weighted by molar-refractivity contribution is 5.67. The Morgan fingerprint density at radius 3 is 2.53 bits per heavy atom. The smallest absolute Gasteiger partial charge is 0.0708 e. The van der Waals surface area contributed by atoms with Gasteiger partial charge in [0.25, 0.3) is 0 Å². The van der Waals surface area contributed by atoms with Crippen LogP contribution in [0.1, 0.15) is 12.5 Å². The minimum absolute atomic E-state index is 0.996. The highest BCUT2D eigenvalue weighted by atomic mass is 14.7. The first-order valence-electron chi connectivity index (χ1n) is 4.95. The molecule has 0 amide bonds. The molecule has 74 valence electrons. The van der Waals surface area contributed by atoms with Crippen molar-refractivity contribution in [3.63, 3.8) is 0 Å². The van der Waals surface area contributed by atoms with Gasteiger partial charge in [0, 0.05) is 11.8 Å². The van der Waals surface area contributed by atoms with Gasteiger partial charge in [0.15, 0.2) is 0 Å². The van der Waals surface area contributed by atoms with E-state index >= 15 is 0 Å². The van der Waals surface area contributed by atoms with E-state index in [2.05, 4.69) is 29.8 Å². The van der Waals surface area contributed by atoms with Crippen LogP contribution < -0.4 is 0 Å². The Morgan fingerprint density at radius 2 is 1.87 bits per heavy atom. The normalized spacial score (nSPS) is 9.93. The van der Waals surface area contributed by atoms with E-state index in [1.807, 2.05) is 37.4 Å². The zero-order valence-electron chi connectivity index (χ0n) is 8.77. The highest BCUT2D eigenvalue weighted by Crippen LogP contribution is 2.20. The lowest BCUT2D eigenvalue weighted by Crippen LogP contribution is -1.85. The quantitative estimate of drug-likeness (QED) is 0.710. The lowest BCUT2D eigenvalue weighted by atomic mass is 10.1. The first kappa shape index (κ1) is 9.66. The number of hydrogen-bond acceptors (Lipinski definition) is 1. The van der Waals surface area contributed by atoms with Crippen molar-refractivity contribution in [2.24, 2.45) is 0 Å². The van der Waals surface area contributed by atoms with E-state index in [0.717, 1.165) is 22.4 Å². The van der Waals surface area contributed by atoms with E-state index in [4.69, 9.17) is 0 Å². The Morgan fingerprint density at radius 1 is 1.13 bits per heavy atom. The first-order valence-corrected chi connectivity index (χ1v) is 4.95. The van der Waals surface area contributed by atoms with E-state index in [9.17, 15) is 0 Å². The molecule has 1 aromatic heterocycles. The van der Waals surface area contributed by atoms with Gasteiger partial charge >= 0.3 is 0 Å². The van der Waals surface area contributed by atoms with Gasteiger partial charge in [-0.3, -0.25) is 4.98 Å². The Bertz CT molecular complexity index is 472. The van der Waals surface area contributed by atoms with Crippen LogP contribution in [0, 0.1) is 0 Å². The topological polar surface area (TPSA) is 12.9 Å². The molecule has 0 fully saturated rings. The monoisotopic (exact) mass is 195 g/mol. The average Bonchev–Trinajstić information content (AvgIpc) is 2.30. The number of aromatic nitrogens is 1. The molecule has 1 heterocycles. The van der Waals surface area contributed by atoms with Crippen LogP contribution in [-0.2, 0) is 0 Å². The van der Waals surface area contributed by atoms with Crippen molar-refractivity contribution in [2.75, 3.05) is 0 Å². The molecule has 0 atom stereocenters. The van der Waals surface area contributed by atoms with Crippen LogP contribution in [0.2, 0.25) is 0 Å². The standard InChI is InChI=1S/C14H13N/c1-11(2)13-8-9-15-14(10-13)12-6-4-3-5-7-12/h3-10H,1H2,2H3. The molecule has 2 aromatic rings. The van der Waals surface area contributed by atoms with E-state index < -0.39 is 0 Å². The van der Waals surface area contributed by atoms with Gasteiger partial charge in [-0.1, -0.05) is 42.5 Å². The predicted octanol–water partition coefficient (Wildman–Crippen LogP) is 3.78. The van der Waals surface area contributed by atoms with Gasteiger partial charge in [-0.25, -0.2) is 0 Å². The zero-order chi connectivity index (χ0) is 10.7. The summed E-state index contributed by atoms with van der Waals surface area (Å²) in [5.74, 6) is 0. The summed E-state index contributed by atoms with van der Waals surface area (Å²) in [5.41, 5.74) is 4.34. The number of pyridine rings is 1. The third kappa shape index (κ3) is 2.13. The second kappa shape index (κ2) is 4.09. The second-order valence-electron chi connectivity index (χ2n) is 3.58. The molecule has 0 spiro atoms. The largest absolute Gasteiger partial charge is 0.256 e. The third-order valence-corrected chi connectivity index (χ3v) is 2.32. The van der Waals surface area contributed by atoms with Crippen molar-refractivity contribution < 1.29 is 0 Å². The minimum Gasteiger partial charge on any atom is -0.256 e. The van der Waals surface area contributed by atoms with E-state index in [1.54, 1.807) is 0 Å². The number of hydrogen-bond donors (Lipinski definition) is 0. The zero-order valence-corrected chi connectivity index (χ0v) is 8.77. The maximum atomic E-state index is 4.35. The Hall–Kier alpha value is -1.89. The number of allylic oxidation sites excluding steroid dienone is 1. The molecule has 1 aromatic carbocycles. The summed E-state index contributed by atoms with van der Waals surface area (Å²) in [6.45, 7) is 5.94. The SMILES string of the molecule is C=C(C)c1ccnc(-c2ccccc2)c1. The maximum absolute atomic E-state index is 4.35. The van der Waals surface area contributed by atoms with Gasteiger partial charge in [0.2, 0.25) is 0 Å². The molecule has 0 aliphatic rings. The fourth-order valence-electron chi connectivity index (χ4n) is 1.46. The molecule has 0 aliphatic carbocycles. The van der Waals surface area contributed by atoms with Crippen molar-refractivity contribution in [2.45, 2.75) is 6.92 Å². The van der Waals surface area contributed by atoms with Crippen LogP contribution >= 0.6 is 0 Å². The van der Waals surface area contributed by atoms with Crippen LogP contribution in [0.25, 0.3) is 16.8 Å². The molecule has 0 N–H and O–H groups in total. The van der Waals surface area contributed by atoms with Crippen molar-refractivity contribution in [3.8, 4) is 11.3 Å². The highest BCUT2D eigenvalue weighted by Gasteiger charge is 1.99. The average molecular weight is 195 g/mol. The Balaban J connectivity index is 2.46. The molecule has 1 nitrogen and oxygen atoms in total. The van der Waals surface area contributed by atoms with Gasteiger partial charge in [-0.15, -0.1) is 0 Å². The van der Waals surface area contributed by atoms with E-state index in [1.165, 1.54) is 0 Å². The summed E-state index contributed by atoms with van der Waals surface area (Å²) in [5, 5.41) is 0. The Kier molecular flexibility index (Phi) is 2.64. The molecule has 2 rings (SSSR count). The lowest BCUT2D eigenvalue weighted by molar-refractivity contribution is 1.31. The summed E-state index contributed by atoms with van der Waals surface area (Å²) in [7, 11) is 0. The van der Waals surface area contributed by atoms with Crippen LogP contribution in [0.3, 0.4) is 0 Å². The lowest BCUT2D eigenvalue weighted by Gasteiger charge is -2.03. The summed E-state index contributed by atoms with van der Waals surface area (Å²) < 4.78 is 0. The van der Waals surface area contributed by atoms with Crippen LogP contribution in [0.15, 0.2) is 55.2 Å². The molecular weight excluding hydrogens is 182 g/mol. The minimum atomic E-state index is 0.996. The molecule has 0 radical (unpaired) electrons. The van der Waals surface area contributed by atoms with Crippen LogP contribution in [-0.4, -0.2) is 4.98 Å². The summed E-state index contributed by atoms with van der Waals surface area (Å²) in [6, 6.07) is 14.2. The summed E-state index contributed by atoms with van der Waals surface area (Å²) in [4.78, 5) is 4.35. The summed E-state index contributed by atoms with van der Waals surface area (Å²) in [6.07, 6.45) is 1.83. The molecule has 0 aliphatic heterocycles. The van der Waals surface area contributed by atoms with Crippen LogP contribution in [0.4, 0.5) is 0 Å². The molecular formula is C14H13N. The predicted molar refractivity (Wildman–Crippen MR) is 64.4 cm³/mol. The molecule has 0 unspecified atom stereocenters. The Labute approximate surface area is 90.1 Å². The molecule has 1 heteroatoms. The summed E-state index contributed by atoms with van der Waals surface area (Å²) >= 11 is 0. The van der Waals surface area contributed by atoms with Gasteiger partial charge < -0.3 is 0 Å². The van der Waals surface area contributed by atoms with Crippen molar-refractivity contribution >= 4 is 5.57 Å². The molecule has 0 saturated carbocycles. The number of nitrogens with zero attached hydrogens (tertiary/aromatic N) is 1. The van der Waals surface area contributed by atoms with Gasteiger partial charge in [0.05, 0.1) is 5.69 Å². The fourth-order valence-corrected chi connectivity index (χ4v) is 1.46. The van der Waals surface area contributed by atoms with Crippen molar-refractivity contribution in [3.05, 3.63) is 60.8 Å². The van der Waals surface area contributed by atoms with Gasteiger partial charge in [-0.2, -0.15) is 0 Å². The van der Waals surface area contributed by atoms with E-state index in [0.29, 0.717) is 0 Å². The van der Waals surface area contributed by atoms with Gasteiger partial charge in [-0.05, 0) is 24.6 Å². The molecule has 0 saturated heterocycles. The molecule has 0 bridgehead atoms. The first-order chi connectivity index (χ1) is 7.27. The number of rotatable bonds is 2. The maximum Gasteiger partial charge on any atom is 0.0708 e. The third-order valence-electron chi connectivity index (χ3n) is 2.32. The molecule has 15 heavy (non-hydrogen) atoms.